The molecule has 3 N–H and O–H groups in total. The lowest BCUT2D eigenvalue weighted by molar-refractivity contribution is -0.115. The Balaban J connectivity index is 1.79. The molecule has 28 heavy (non-hydrogen) atoms. The third-order valence-electron chi connectivity index (χ3n) is 4.59. The van der Waals surface area contributed by atoms with Crippen molar-refractivity contribution in [2.75, 3.05) is 5.32 Å². The summed E-state index contributed by atoms with van der Waals surface area (Å²) in [5, 5.41) is 9.32. The van der Waals surface area contributed by atoms with Crippen molar-refractivity contribution in [3.05, 3.63) is 59.7 Å². The summed E-state index contributed by atoms with van der Waals surface area (Å²) in [6.07, 6.45) is 1.48. The second-order valence-corrected chi connectivity index (χ2v) is 6.84. The van der Waals surface area contributed by atoms with Gasteiger partial charge in [0.2, 0.25) is 0 Å². The molecule has 1 aliphatic heterocycles. The maximum Gasteiger partial charge on any atom is 0.269 e. The fraction of sp³-hybridized carbons (Fsp3) is 0.333. The number of amides is 1. The Bertz CT molecular complexity index is 884. The van der Waals surface area contributed by atoms with E-state index in [2.05, 4.69) is 27.9 Å². The number of anilines is 1. The van der Waals surface area contributed by atoms with E-state index in [1.54, 1.807) is 0 Å². The Morgan fingerprint density at radius 1 is 1.21 bits per heavy atom. The minimum absolute atomic E-state index is 0.0852. The summed E-state index contributed by atoms with van der Waals surface area (Å²) in [5.74, 6) is -2.33. The lowest BCUT2D eigenvalue weighted by Gasteiger charge is -2.29. The molecule has 0 fully saturated rings. The summed E-state index contributed by atoms with van der Waals surface area (Å²) in [5.41, 5.74) is 1.84. The molecule has 2 aromatic rings. The molecule has 0 saturated carbocycles. The van der Waals surface area contributed by atoms with Gasteiger partial charge in [-0.3, -0.25) is 10.1 Å². The van der Waals surface area contributed by atoms with Crippen molar-refractivity contribution in [3.8, 4) is 0 Å². The van der Waals surface area contributed by atoms with Crippen LogP contribution in [0.15, 0.2) is 47.5 Å². The smallest absolute Gasteiger partial charge is 0.269 e. The predicted octanol–water partition coefficient (Wildman–Crippen LogP) is 3.88. The monoisotopic (exact) mass is 386 g/mol. The van der Waals surface area contributed by atoms with Gasteiger partial charge in [0.05, 0.1) is 11.4 Å². The lowest BCUT2D eigenvalue weighted by atomic mass is 10.1. The van der Waals surface area contributed by atoms with E-state index in [9.17, 15) is 13.6 Å². The van der Waals surface area contributed by atoms with Crippen LogP contribution in [-0.4, -0.2) is 23.8 Å². The number of carbonyl (C=O) groups is 1. The second kappa shape index (κ2) is 8.93. The van der Waals surface area contributed by atoms with Gasteiger partial charge in [-0.15, -0.1) is 0 Å². The highest BCUT2D eigenvalue weighted by Crippen LogP contribution is 2.29. The van der Waals surface area contributed by atoms with E-state index in [1.807, 2.05) is 31.2 Å². The Hall–Kier alpha value is -2.80. The number of nitrogens with zero attached hydrogens (tertiary/aromatic N) is 1. The molecule has 0 bridgehead atoms. The first-order valence-corrected chi connectivity index (χ1v) is 9.41. The van der Waals surface area contributed by atoms with Crippen molar-refractivity contribution in [3.63, 3.8) is 0 Å². The van der Waals surface area contributed by atoms with Gasteiger partial charge in [0.15, 0.2) is 11.6 Å². The standard InChI is InChI=1S/C21H24F2N4O/c1-3-7-13(2)25-20-19(26-16-10-4-5-11-17(16)27-20)21(28)24-12-14-8-6-9-15(22)18(14)23/h4-6,8-11,13,20,25,27H,3,7,12H2,1-2H3,(H,24,28). The fourth-order valence-electron chi connectivity index (χ4n) is 3.17. The number of benzene rings is 2. The minimum Gasteiger partial charge on any atom is -0.363 e. The van der Waals surface area contributed by atoms with Crippen LogP contribution >= 0.6 is 0 Å². The average Bonchev–Trinajstić information content (AvgIpc) is 2.68. The largest absolute Gasteiger partial charge is 0.363 e. The molecule has 1 amide bonds. The summed E-state index contributed by atoms with van der Waals surface area (Å²) in [7, 11) is 0. The molecule has 0 aliphatic carbocycles. The molecule has 0 aromatic heterocycles. The van der Waals surface area contributed by atoms with Crippen molar-refractivity contribution in [1.82, 2.24) is 10.6 Å². The number of para-hydroxylation sites is 2. The van der Waals surface area contributed by atoms with Crippen molar-refractivity contribution >= 4 is 23.0 Å². The van der Waals surface area contributed by atoms with Gasteiger partial charge >= 0.3 is 0 Å². The van der Waals surface area contributed by atoms with Crippen LogP contribution in [0.1, 0.15) is 32.3 Å². The Morgan fingerprint density at radius 2 is 2.00 bits per heavy atom. The normalized spacial score (nSPS) is 16.6. The Kier molecular flexibility index (Phi) is 6.36. The quantitative estimate of drug-likeness (QED) is 0.677. The summed E-state index contributed by atoms with van der Waals surface area (Å²) >= 11 is 0. The van der Waals surface area contributed by atoms with Gasteiger partial charge in [-0.1, -0.05) is 37.6 Å². The van der Waals surface area contributed by atoms with Crippen LogP contribution in [-0.2, 0) is 11.3 Å². The molecule has 0 spiro atoms. The molecular formula is C21H24F2N4O. The average molecular weight is 386 g/mol. The van der Waals surface area contributed by atoms with Crippen LogP contribution in [0.25, 0.3) is 0 Å². The first-order chi connectivity index (χ1) is 13.5. The highest BCUT2D eigenvalue weighted by Gasteiger charge is 2.28. The molecule has 0 radical (unpaired) electrons. The third kappa shape index (κ3) is 4.54. The van der Waals surface area contributed by atoms with Crippen molar-refractivity contribution in [2.24, 2.45) is 4.99 Å². The van der Waals surface area contributed by atoms with Crippen molar-refractivity contribution in [1.29, 1.82) is 0 Å². The summed E-state index contributed by atoms with van der Waals surface area (Å²) in [6.45, 7) is 4.01. The van der Waals surface area contributed by atoms with Crippen molar-refractivity contribution < 1.29 is 13.6 Å². The van der Waals surface area contributed by atoms with Crippen LogP contribution in [0.3, 0.4) is 0 Å². The second-order valence-electron chi connectivity index (χ2n) is 6.84. The summed E-state index contributed by atoms with van der Waals surface area (Å²) in [6, 6.07) is 11.5. The van der Waals surface area contributed by atoms with Gasteiger partial charge in [-0.05, 0) is 31.5 Å². The zero-order chi connectivity index (χ0) is 20.1. The third-order valence-corrected chi connectivity index (χ3v) is 4.59. The van der Waals surface area contributed by atoms with E-state index in [4.69, 9.17) is 0 Å². The molecule has 2 aromatic carbocycles. The number of carbonyl (C=O) groups excluding carboxylic acids is 1. The van der Waals surface area contributed by atoms with Gasteiger partial charge in [0, 0.05) is 18.2 Å². The van der Waals surface area contributed by atoms with Gasteiger partial charge in [0.1, 0.15) is 11.9 Å². The van der Waals surface area contributed by atoms with Crippen LogP contribution < -0.4 is 16.0 Å². The number of nitrogens with one attached hydrogen (secondary N) is 3. The molecular weight excluding hydrogens is 362 g/mol. The Morgan fingerprint density at radius 3 is 2.79 bits per heavy atom. The van der Waals surface area contributed by atoms with Gasteiger partial charge < -0.3 is 10.6 Å². The van der Waals surface area contributed by atoms with E-state index in [0.29, 0.717) is 5.69 Å². The van der Waals surface area contributed by atoms with E-state index in [1.165, 1.54) is 12.1 Å². The van der Waals surface area contributed by atoms with Gasteiger partial charge in [-0.2, -0.15) is 0 Å². The molecule has 7 heteroatoms. The maximum atomic E-state index is 13.8. The van der Waals surface area contributed by atoms with Crippen LogP contribution in [0.5, 0.6) is 0 Å². The van der Waals surface area contributed by atoms with Crippen molar-refractivity contribution in [2.45, 2.75) is 45.4 Å². The van der Waals surface area contributed by atoms with Gasteiger partial charge in [0.25, 0.3) is 5.91 Å². The topological polar surface area (TPSA) is 65.5 Å². The molecule has 5 nitrogen and oxygen atoms in total. The molecule has 0 saturated heterocycles. The van der Waals surface area contributed by atoms with E-state index >= 15 is 0 Å². The van der Waals surface area contributed by atoms with Crippen LogP contribution in [0, 0.1) is 11.6 Å². The predicted molar refractivity (Wildman–Crippen MR) is 107 cm³/mol. The number of rotatable bonds is 7. The summed E-state index contributed by atoms with van der Waals surface area (Å²) in [4.78, 5) is 17.3. The first kappa shape index (κ1) is 19.9. The minimum atomic E-state index is -0.955. The number of hydrogen-bond donors (Lipinski definition) is 3. The maximum absolute atomic E-state index is 13.8. The molecule has 1 heterocycles. The molecule has 3 rings (SSSR count). The number of halogens is 2. The van der Waals surface area contributed by atoms with E-state index < -0.39 is 23.7 Å². The fourth-order valence-corrected chi connectivity index (χ4v) is 3.17. The van der Waals surface area contributed by atoms with Crippen LogP contribution in [0.2, 0.25) is 0 Å². The SMILES string of the molecule is CCCC(C)NC1Nc2ccccc2N=C1C(=O)NCc1cccc(F)c1F. The zero-order valence-electron chi connectivity index (χ0n) is 15.9. The van der Waals surface area contributed by atoms with Crippen LogP contribution in [0.4, 0.5) is 20.2 Å². The zero-order valence-corrected chi connectivity index (χ0v) is 15.9. The van der Waals surface area contributed by atoms with E-state index in [0.717, 1.165) is 24.6 Å². The highest BCUT2D eigenvalue weighted by atomic mass is 19.2. The number of hydrogen-bond acceptors (Lipinski definition) is 4. The van der Waals surface area contributed by atoms with Gasteiger partial charge in [-0.25, -0.2) is 13.8 Å². The lowest BCUT2D eigenvalue weighted by Crippen LogP contribution is -2.53. The Labute approximate surface area is 163 Å². The number of fused-ring (bicyclic) bond motifs is 1. The molecule has 2 unspecified atom stereocenters. The molecule has 1 aliphatic rings. The highest BCUT2D eigenvalue weighted by molar-refractivity contribution is 6.42. The molecule has 2 atom stereocenters. The first-order valence-electron chi connectivity index (χ1n) is 9.41. The van der Waals surface area contributed by atoms with E-state index in [-0.39, 0.29) is 23.9 Å². The number of aliphatic imine (C=N–C) groups is 1. The molecule has 148 valence electrons. The summed E-state index contributed by atoms with van der Waals surface area (Å²) < 4.78 is 27.2.